The van der Waals surface area contributed by atoms with Crippen molar-refractivity contribution < 1.29 is 14.5 Å². The van der Waals surface area contributed by atoms with Gasteiger partial charge in [0.05, 0.1) is 4.92 Å². The number of hydrogen-bond acceptors (Lipinski definition) is 4. The topological polar surface area (TPSA) is 81.5 Å². The van der Waals surface area contributed by atoms with E-state index in [1.165, 1.54) is 6.07 Å². The molecule has 0 atom stereocenters. The van der Waals surface area contributed by atoms with Gasteiger partial charge < -0.3 is 10.1 Å². The van der Waals surface area contributed by atoms with Crippen molar-refractivity contribution in [3.8, 4) is 5.75 Å². The fourth-order valence-electron chi connectivity index (χ4n) is 2.01. The van der Waals surface area contributed by atoms with Gasteiger partial charge in [-0.3, -0.25) is 14.9 Å². The lowest BCUT2D eigenvalue weighted by Crippen LogP contribution is -2.42. The molecule has 0 aliphatic carbocycles. The molecule has 0 aliphatic rings. The lowest BCUT2D eigenvalue weighted by molar-refractivity contribution is -0.385. The van der Waals surface area contributed by atoms with Gasteiger partial charge in [0, 0.05) is 22.3 Å². The highest BCUT2D eigenvalue weighted by Gasteiger charge is 2.30. The molecule has 6 nitrogen and oxygen atoms in total. The molecular formula is C17H17ClN2O4. The second-order valence-electron chi connectivity index (χ2n) is 5.78. The van der Waals surface area contributed by atoms with E-state index in [1.807, 2.05) is 0 Å². The minimum absolute atomic E-state index is 0.0516. The number of amides is 1. The molecule has 0 radical (unpaired) electrons. The minimum Gasteiger partial charge on any atom is -0.478 e. The predicted octanol–water partition coefficient (Wildman–Crippen LogP) is 4.35. The Labute approximate surface area is 144 Å². The quantitative estimate of drug-likeness (QED) is 0.643. The summed E-state index contributed by atoms with van der Waals surface area (Å²) in [6.07, 6.45) is 0. The van der Waals surface area contributed by atoms with Crippen LogP contribution >= 0.6 is 11.6 Å². The molecule has 0 unspecified atom stereocenters. The summed E-state index contributed by atoms with van der Waals surface area (Å²) < 4.78 is 5.69. The lowest BCUT2D eigenvalue weighted by Gasteiger charge is -2.25. The first-order chi connectivity index (χ1) is 11.2. The zero-order valence-electron chi connectivity index (χ0n) is 13.5. The Balaban J connectivity index is 2.14. The molecule has 126 valence electrons. The SMILES string of the molecule is Cc1ccc(NC(=O)C(C)(C)Oc2ccc(Cl)cc2)cc1[N+](=O)[O-]. The Hall–Kier alpha value is -2.60. The summed E-state index contributed by atoms with van der Waals surface area (Å²) in [5, 5.41) is 14.2. The number of carbonyl (C=O) groups is 1. The van der Waals surface area contributed by atoms with Crippen LogP contribution in [0.2, 0.25) is 5.02 Å². The Morgan fingerprint density at radius 1 is 1.21 bits per heavy atom. The van der Waals surface area contributed by atoms with Crippen molar-refractivity contribution in [1.82, 2.24) is 0 Å². The lowest BCUT2D eigenvalue weighted by atomic mass is 10.1. The zero-order chi connectivity index (χ0) is 17.9. The van der Waals surface area contributed by atoms with Gasteiger partial charge in [-0.05, 0) is 51.1 Å². The van der Waals surface area contributed by atoms with E-state index in [4.69, 9.17) is 16.3 Å². The van der Waals surface area contributed by atoms with Crippen LogP contribution in [0.5, 0.6) is 5.75 Å². The van der Waals surface area contributed by atoms with Crippen molar-refractivity contribution in [3.05, 3.63) is 63.2 Å². The molecule has 0 aromatic heterocycles. The van der Waals surface area contributed by atoms with Crippen LogP contribution in [0.15, 0.2) is 42.5 Å². The number of nitrogens with one attached hydrogen (secondary N) is 1. The normalized spacial score (nSPS) is 11.0. The largest absolute Gasteiger partial charge is 0.478 e. The van der Waals surface area contributed by atoms with Gasteiger partial charge in [0.2, 0.25) is 0 Å². The summed E-state index contributed by atoms with van der Waals surface area (Å²) in [5.74, 6) is 0.0741. The van der Waals surface area contributed by atoms with E-state index < -0.39 is 16.4 Å². The number of ether oxygens (including phenoxy) is 1. The van der Waals surface area contributed by atoms with Gasteiger partial charge in [0.1, 0.15) is 5.75 Å². The number of anilines is 1. The van der Waals surface area contributed by atoms with Gasteiger partial charge in [-0.25, -0.2) is 0 Å². The molecule has 0 spiro atoms. The van der Waals surface area contributed by atoms with Gasteiger partial charge in [0.15, 0.2) is 5.60 Å². The highest BCUT2D eigenvalue weighted by Crippen LogP contribution is 2.25. The first kappa shape index (κ1) is 17.7. The summed E-state index contributed by atoms with van der Waals surface area (Å²) in [6.45, 7) is 4.86. The van der Waals surface area contributed by atoms with Crippen molar-refractivity contribution in [2.45, 2.75) is 26.4 Å². The third-order valence-corrected chi connectivity index (χ3v) is 3.65. The fraction of sp³-hybridized carbons (Fsp3) is 0.235. The number of nitro groups is 1. The average molecular weight is 349 g/mol. The molecule has 0 bridgehead atoms. The van der Waals surface area contributed by atoms with E-state index in [1.54, 1.807) is 57.2 Å². The maximum absolute atomic E-state index is 12.4. The zero-order valence-corrected chi connectivity index (χ0v) is 14.3. The summed E-state index contributed by atoms with van der Waals surface area (Å²) in [5.41, 5.74) is -0.364. The maximum atomic E-state index is 12.4. The van der Waals surface area contributed by atoms with Gasteiger partial charge in [-0.15, -0.1) is 0 Å². The number of halogens is 1. The highest BCUT2D eigenvalue weighted by molar-refractivity contribution is 6.30. The van der Waals surface area contributed by atoms with Gasteiger partial charge in [-0.1, -0.05) is 17.7 Å². The van der Waals surface area contributed by atoms with Crippen LogP contribution in [-0.2, 0) is 4.79 Å². The number of aryl methyl sites for hydroxylation is 1. The second-order valence-corrected chi connectivity index (χ2v) is 6.22. The number of carbonyl (C=O) groups excluding carboxylic acids is 1. The van der Waals surface area contributed by atoms with E-state index in [0.29, 0.717) is 22.0 Å². The fourth-order valence-corrected chi connectivity index (χ4v) is 2.14. The molecular weight excluding hydrogens is 332 g/mol. The summed E-state index contributed by atoms with van der Waals surface area (Å²) in [6, 6.07) is 11.2. The van der Waals surface area contributed by atoms with Crippen LogP contribution in [0.3, 0.4) is 0 Å². The molecule has 0 fully saturated rings. The third-order valence-electron chi connectivity index (χ3n) is 3.40. The van der Waals surface area contributed by atoms with E-state index in [2.05, 4.69) is 5.32 Å². The van der Waals surface area contributed by atoms with E-state index in [-0.39, 0.29) is 5.69 Å². The Morgan fingerprint density at radius 2 is 1.83 bits per heavy atom. The Bertz CT molecular complexity index is 773. The van der Waals surface area contributed by atoms with E-state index in [0.717, 1.165) is 0 Å². The van der Waals surface area contributed by atoms with Gasteiger partial charge in [-0.2, -0.15) is 0 Å². The van der Waals surface area contributed by atoms with Crippen molar-refractivity contribution in [1.29, 1.82) is 0 Å². The smallest absolute Gasteiger partial charge is 0.274 e. The van der Waals surface area contributed by atoms with E-state index in [9.17, 15) is 14.9 Å². The molecule has 0 saturated carbocycles. The average Bonchev–Trinajstić information content (AvgIpc) is 2.51. The van der Waals surface area contributed by atoms with E-state index >= 15 is 0 Å². The molecule has 7 heteroatoms. The number of benzene rings is 2. The highest BCUT2D eigenvalue weighted by atomic mass is 35.5. The molecule has 0 aliphatic heterocycles. The minimum atomic E-state index is -1.17. The Morgan fingerprint density at radius 3 is 2.42 bits per heavy atom. The van der Waals surface area contributed by atoms with Crippen molar-refractivity contribution in [2.75, 3.05) is 5.32 Å². The molecule has 2 aromatic carbocycles. The van der Waals surface area contributed by atoms with Crippen LogP contribution in [-0.4, -0.2) is 16.4 Å². The van der Waals surface area contributed by atoms with Crippen molar-refractivity contribution in [2.24, 2.45) is 0 Å². The van der Waals surface area contributed by atoms with Crippen molar-refractivity contribution >= 4 is 28.9 Å². The first-order valence-corrected chi connectivity index (χ1v) is 7.58. The third kappa shape index (κ3) is 4.23. The molecule has 0 saturated heterocycles. The number of rotatable bonds is 5. The monoisotopic (exact) mass is 348 g/mol. The molecule has 1 amide bonds. The van der Waals surface area contributed by atoms with Gasteiger partial charge in [0.25, 0.3) is 11.6 Å². The summed E-state index contributed by atoms with van der Waals surface area (Å²) in [4.78, 5) is 22.9. The molecule has 0 heterocycles. The summed E-state index contributed by atoms with van der Waals surface area (Å²) in [7, 11) is 0. The van der Waals surface area contributed by atoms with Gasteiger partial charge >= 0.3 is 0 Å². The van der Waals surface area contributed by atoms with Crippen molar-refractivity contribution in [3.63, 3.8) is 0 Å². The number of hydrogen-bond donors (Lipinski definition) is 1. The molecule has 2 aromatic rings. The van der Waals surface area contributed by atoms with Crippen LogP contribution in [0.4, 0.5) is 11.4 Å². The first-order valence-electron chi connectivity index (χ1n) is 7.20. The van der Waals surface area contributed by atoms with Crippen LogP contribution < -0.4 is 10.1 Å². The number of nitro benzene ring substituents is 1. The Kier molecular flexibility index (Phi) is 5.09. The molecule has 24 heavy (non-hydrogen) atoms. The van der Waals surface area contributed by atoms with Crippen LogP contribution in [0.25, 0.3) is 0 Å². The standard InChI is InChI=1S/C17H17ClN2O4/c1-11-4-7-13(10-15(11)20(22)23)19-16(21)17(2,3)24-14-8-5-12(18)6-9-14/h4-10H,1-3H3,(H,19,21). The molecule has 1 N–H and O–H groups in total. The molecule has 2 rings (SSSR count). The summed E-state index contributed by atoms with van der Waals surface area (Å²) >= 11 is 5.82. The predicted molar refractivity (Wildman–Crippen MR) is 92.6 cm³/mol. The number of nitrogens with zero attached hydrogens (tertiary/aromatic N) is 1. The maximum Gasteiger partial charge on any atom is 0.274 e. The van der Waals surface area contributed by atoms with Crippen LogP contribution in [0.1, 0.15) is 19.4 Å². The van der Waals surface area contributed by atoms with Crippen LogP contribution in [0, 0.1) is 17.0 Å². The second kappa shape index (κ2) is 6.88.